The van der Waals surface area contributed by atoms with Crippen molar-refractivity contribution in [2.24, 2.45) is 5.10 Å². The summed E-state index contributed by atoms with van der Waals surface area (Å²) in [7, 11) is 0. The van der Waals surface area contributed by atoms with Gasteiger partial charge in [0.1, 0.15) is 5.75 Å². The lowest BCUT2D eigenvalue weighted by Crippen LogP contribution is -2.24. The van der Waals surface area contributed by atoms with Crippen molar-refractivity contribution in [2.75, 3.05) is 5.75 Å². The molecule has 0 fully saturated rings. The Kier molecular flexibility index (Phi) is 7.26. The summed E-state index contributed by atoms with van der Waals surface area (Å²) >= 11 is 7.85. The summed E-state index contributed by atoms with van der Waals surface area (Å²) in [6.07, 6.45) is 1.36. The minimum atomic E-state index is -0.379. The minimum Gasteiger partial charge on any atom is -0.507 e. The van der Waals surface area contributed by atoms with Crippen LogP contribution in [0, 0.1) is 0 Å². The van der Waals surface area contributed by atoms with Gasteiger partial charge in [-0.2, -0.15) is 5.10 Å². The molecule has 10 heteroatoms. The average Bonchev–Trinajstić information content (AvgIpc) is 2.81. The van der Waals surface area contributed by atoms with E-state index in [0.29, 0.717) is 27.3 Å². The molecule has 0 saturated carbocycles. The van der Waals surface area contributed by atoms with Crippen molar-refractivity contribution in [2.45, 2.75) is 5.16 Å². The number of benzene rings is 3. The fourth-order valence-corrected chi connectivity index (χ4v) is 4.44. The Bertz CT molecular complexity index is 1420. The topological polar surface area (TPSA) is 96.6 Å². The number of amides is 1. The fourth-order valence-electron chi connectivity index (χ4n) is 2.99. The second-order valence-electron chi connectivity index (χ2n) is 6.81. The molecule has 166 valence electrons. The summed E-state index contributed by atoms with van der Waals surface area (Å²) in [5.41, 5.74) is 3.87. The first-order chi connectivity index (χ1) is 15.9. The van der Waals surface area contributed by atoms with Crippen LogP contribution in [0.25, 0.3) is 16.6 Å². The zero-order valence-corrected chi connectivity index (χ0v) is 20.9. The lowest BCUT2D eigenvalue weighted by molar-refractivity contribution is -0.118. The van der Waals surface area contributed by atoms with Gasteiger partial charge < -0.3 is 5.11 Å². The highest BCUT2D eigenvalue weighted by molar-refractivity contribution is 9.10. The van der Waals surface area contributed by atoms with Crippen LogP contribution in [0.5, 0.6) is 5.75 Å². The van der Waals surface area contributed by atoms with Gasteiger partial charge in [-0.3, -0.25) is 14.2 Å². The molecule has 3 aromatic carbocycles. The van der Waals surface area contributed by atoms with Crippen LogP contribution in [0.2, 0.25) is 0 Å². The van der Waals surface area contributed by atoms with Crippen molar-refractivity contribution < 1.29 is 9.90 Å². The summed E-state index contributed by atoms with van der Waals surface area (Å²) in [6.45, 7) is 0. The molecular formula is C23H16Br2N4O3S. The van der Waals surface area contributed by atoms with Gasteiger partial charge in [0.15, 0.2) is 5.16 Å². The molecule has 4 aromatic rings. The van der Waals surface area contributed by atoms with Crippen molar-refractivity contribution in [1.29, 1.82) is 0 Å². The molecule has 1 heterocycles. The lowest BCUT2D eigenvalue weighted by atomic mass is 10.2. The highest BCUT2D eigenvalue weighted by Gasteiger charge is 2.14. The molecule has 1 amide bonds. The number of para-hydroxylation sites is 1. The number of hydrogen-bond donors (Lipinski definition) is 2. The molecule has 0 unspecified atom stereocenters. The number of hydrazone groups is 1. The minimum absolute atomic E-state index is 0.0108. The Morgan fingerprint density at radius 1 is 1.09 bits per heavy atom. The number of aromatic hydroxyl groups is 1. The SMILES string of the molecule is O=C(CSc1nc2ccccc2c(=O)n1-c1ccc(Br)cc1)NN=Cc1cc(Br)ccc1O. The van der Waals surface area contributed by atoms with Crippen molar-refractivity contribution in [3.63, 3.8) is 0 Å². The van der Waals surface area contributed by atoms with Crippen LogP contribution in [0.4, 0.5) is 0 Å². The molecule has 0 aliphatic carbocycles. The number of nitrogens with one attached hydrogen (secondary N) is 1. The number of carbonyl (C=O) groups is 1. The van der Waals surface area contributed by atoms with Crippen molar-refractivity contribution in [1.82, 2.24) is 15.0 Å². The predicted octanol–water partition coefficient (Wildman–Crippen LogP) is 4.86. The number of phenolic OH excluding ortho intramolecular Hbond substituents is 1. The molecule has 33 heavy (non-hydrogen) atoms. The largest absolute Gasteiger partial charge is 0.507 e. The van der Waals surface area contributed by atoms with E-state index >= 15 is 0 Å². The second-order valence-corrected chi connectivity index (χ2v) is 9.59. The Labute approximate surface area is 209 Å². The smallest absolute Gasteiger partial charge is 0.266 e. The third-order valence-electron chi connectivity index (χ3n) is 4.54. The number of halogens is 2. The van der Waals surface area contributed by atoms with Gasteiger partial charge in [-0.25, -0.2) is 10.4 Å². The normalized spacial score (nSPS) is 11.2. The van der Waals surface area contributed by atoms with Gasteiger partial charge in [0.05, 0.1) is 28.6 Å². The molecule has 0 saturated heterocycles. The molecule has 0 radical (unpaired) electrons. The van der Waals surface area contributed by atoms with Crippen molar-refractivity contribution in [3.8, 4) is 11.4 Å². The van der Waals surface area contributed by atoms with E-state index in [-0.39, 0.29) is 23.0 Å². The first-order valence-corrected chi connectivity index (χ1v) is 12.2. The van der Waals surface area contributed by atoms with Crippen LogP contribution in [-0.4, -0.2) is 32.5 Å². The van der Waals surface area contributed by atoms with Crippen LogP contribution >= 0.6 is 43.6 Å². The zero-order chi connectivity index (χ0) is 23.4. The van der Waals surface area contributed by atoms with Gasteiger partial charge in [-0.05, 0) is 54.6 Å². The summed E-state index contributed by atoms with van der Waals surface area (Å²) in [5.74, 6) is -0.344. The van der Waals surface area contributed by atoms with Crippen LogP contribution < -0.4 is 11.0 Å². The monoisotopic (exact) mass is 586 g/mol. The predicted molar refractivity (Wildman–Crippen MR) is 137 cm³/mol. The van der Waals surface area contributed by atoms with Crippen LogP contribution in [0.3, 0.4) is 0 Å². The lowest BCUT2D eigenvalue weighted by Gasteiger charge is -2.13. The quantitative estimate of drug-likeness (QED) is 0.145. The maximum Gasteiger partial charge on any atom is 0.266 e. The summed E-state index contributed by atoms with van der Waals surface area (Å²) in [6, 6.07) is 19.3. The number of carbonyl (C=O) groups excluding carboxylic acids is 1. The summed E-state index contributed by atoms with van der Waals surface area (Å²) < 4.78 is 3.16. The van der Waals surface area contributed by atoms with E-state index in [1.165, 1.54) is 16.8 Å². The van der Waals surface area contributed by atoms with E-state index < -0.39 is 0 Å². The van der Waals surface area contributed by atoms with Crippen LogP contribution in [-0.2, 0) is 4.79 Å². The highest BCUT2D eigenvalue weighted by Crippen LogP contribution is 2.23. The van der Waals surface area contributed by atoms with Gasteiger partial charge in [-0.1, -0.05) is 55.8 Å². The number of hydrogen-bond acceptors (Lipinski definition) is 6. The van der Waals surface area contributed by atoms with Gasteiger partial charge >= 0.3 is 0 Å². The molecule has 0 atom stereocenters. The number of phenols is 1. The Morgan fingerprint density at radius 3 is 2.61 bits per heavy atom. The molecule has 7 nitrogen and oxygen atoms in total. The van der Waals surface area contributed by atoms with E-state index in [1.807, 2.05) is 18.2 Å². The number of thioether (sulfide) groups is 1. The maximum absolute atomic E-state index is 13.2. The van der Waals surface area contributed by atoms with E-state index in [0.717, 1.165) is 20.7 Å². The number of fused-ring (bicyclic) bond motifs is 1. The standard InChI is InChI=1S/C23H16Br2N4O3S/c24-15-5-8-17(9-6-15)29-22(32)18-3-1-2-4-19(18)27-23(29)33-13-21(31)28-26-12-14-11-16(25)7-10-20(14)30/h1-12,30H,13H2,(H,28,31). The van der Waals surface area contributed by atoms with E-state index in [9.17, 15) is 14.7 Å². The maximum atomic E-state index is 13.2. The first kappa shape index (κ1) is 23.2. The first-order valence-electron chi connectivity index (χ1n) is 9.63. The van der Waals surface area contributed by atoms with E-state index in [4.69, 9.17) is 0 Å². The summed E-state index contributed by atoms with van der Waals surface area (Å²) in [4.78, 5) is 30.2. The summed E-state index contributed by atoms with van der Waals surface area (Å²) in [5, 5.41) is 14.6. The Hall–Kier alpha value is -2.95. The van der Waals surface area contributed by atoms with Crippen molar-refractivity contribution in [3.05, 3.63) is 91.6 Å². The molecule has 4 rings (SSSR count). The van der Waals surface area contributed by atoms with Gasteiger partial charge in [0.2, 0.25) is 0 Å². The van der Waals surface area contributed by atoms with Crippen molar-refractivity contribution >= 4 is 66.6 Å². The van der Waals surface area contributed by atoms with Gasteiger partial charge in [0.25, 0.3) is 11.5 Å². The molecule has 0 aliphatic rings. The Balaban J connectivity index is 1.56. The highest BCUT2D eigenvalue weighted by atomic mass is 79.9. The Morgan fingerprint density at radius 2 is 1.82 bits per heavy atom. The molecule has 1 aromatic heterocycles. The number of aromatic nitrogens is 2. The molecular weight excluding hydrogens is 572 g/mol. The second kappa shape index (κ2) is 10.3. The number of rotatable bonds is 6. The third kappa shape index (κ3) is 5.52. The van der Waals surface area contributed by atoms with E-state index in [1.54, 1.807) is 42.5 Å². The third-order valence-corrected chi connectivity index (χ3v) is 6.51. The molecule has 2 N–H and O–H groups in total. The molecule has 0 aliphatic heterocycles. The van der Waals surface area contributed by atoms with E-state index in [2.05, 4.69) is 47.4 Å². The average molecular weight is 588 g/mol. The number of nitrogens with zero attached hydrogens (tertiary/aromatic N) is 3. The van der Waals surface area contributed by atoms with Crippen LogP contribution in [0.1, 0.15) is 5.56 Å². The molecule has 0 bridgehead atoms. The zero-order valence-electron chi connectivity index (χ0n) is 16.9. The van der Waals surface area contributed by atoms with Gasteiger partial charge in [0, 0.05) is 14.5 Å². The van der Waals surface area contributed by atoms with Crippen LogP contribution in [0.15, 0.2) is 90.7 Å². The van der Waals surface area contributed by atoms with Gasteiger partial charge in [-0.15, -0.1) is 0 Å². The fraction of sp³-hybridized carbons (Fsp3) is 0.0435. The molecule has 0 spiro atoms.